The van der Waals surface area contributed by atoms with Crippen LogP contribution in [-0.4, -0.2) is 47.2 Å². The number of Topliss-reactive ketones (excluding diaryl/α,β-unsaturated/α-hetero) is 1. The van der Waals surface area contributed by atoms with Crippen molar-refractivity contribution in [3.8, 4) is 0 Å². The van der Waals surface area contributed by atoms with Crippen LogP contribution in [0.5, 0.6) is 0 Å². The number of hydrogen-bond acceptors (Lipinski definition) is 6. The van der Waals surface area contributed by atoms with E-state index in [1.54, 1.807) is 36.5 Å². The maximum absolute atomic E-state index is 12.9. The zero-order chi connectivity index (χ0) is 27.4. The maximum atomic E-state index is 12.9. The van der Waals surface area contributed by atoms with Gasteiger partial charge in [0, 0.05) is 51.3 Å². The predicted octanol–water partition coefficient (Wildman–Crippen LogP) is 5.60. The number of nitrogens with zero attached hydrogens (tertiary/aromatic N) is 2. The van der Waals surface area contributed by atoms with Crippen molar-refractivity contribution in [1.82, 2.24) is 14.9 Å². The summed E-state index contributed by atoms with van der Waals surface area (Å²) < 4.78 is 0. The van der Waals surface area contributed by atoms with Crippen molar-refractivity contribution in [2.24, 2.45) is 0 Å². The highest BCUT2D eigenvalue weighted by atomic mass is 16.1. The molecule has 0 unspecified atom stereocenters. The van der Waals surface area contributed by atoms with E-state index in [9.17, 15) is 14.4 Å². The highest BCUT2D eigenvalue weighted by Crippen LogP contribution is 2.31. The fourth-order valence-electron chi connectivity index (χ4n) is 4.52. The van der Waals surface area contributed by atoms with Crippen LogP contribution in [0.4, 0.5) is 17.1 Å². The van der Waals surface area contributed by atoms with Crippen LogP contribution in [0.3, 0.4) is 0 Å². The van der Waals surface area contributed by atoms with Crippen LogP contribution in [0.1, 0.15) is 33.6 Å². The van der Waals surface area contributed by atoms with Gasteiger partial charge in [-0.25, -0.2) is 4.98 Å². The van der Waals surface area contributed by atoms with E-state index in [0.717, 1.165) is 29.7 Å². The lowest BCUT2D eigenvalue weighted by molar-refractivity contribution is 0.0976. The second-order valence-electron chi connectivity index (χ2n) is 9.65. The van der Waals surface area contributed by atoms with Gasteiger partial charge in [0.2, 0.25) is 0 Å². The standard InChI is InChI=1S/C31H29N5O3/c1-36(2)18-6-9-27(37)21-10-15-24-25(19-21)28-26(16-17-32-29(28)35-31(24)39)33-22-11-13-23(14-12-22)34-30(38)20-7-4-3-5-8-20/h3-5,7-8,10-17,19H,6,9,18H2,1-2H3,(H,34,38)(H2,32,33,35,39). The van der Waals surface area contributed by atoms with E-state index < -0.39 is 0 Å². The summed E-state index contributed by atoms with van der Waals surface area (Å²) in [6, 6.07) is 23.4. The van der Waals surface area contributed by atoms with Crippen molar-refractivity contribution in [1.29, 1.82) is 0 Å². The number of ketones is 1. The summed E-state index contributed by atoms with van der Waals surface area (Å²) >= 11 is 0. The number of anilines is 3. The Bertz CT molecular complexity index is 1710. The summed E-state index contributed by atoms with van der Waals surface area (Å²) in [7, 11) is 3.96. The molecule has 196 valence electrons. The molecule has 39 heavy (non-hydrogen) atoms. The van der Waals surface area contributed by atoms with E-state index in [1.807, 2.05) is 67.5 Å². The van der Waals surface area contributed by atoms with E-state index in [0.29, 0.717) is 39.7 Å². The molecule has 0 aliphatic rings. The Morgan fingerprint density at radius 2 is 1.62 bits per heavy atom. The van der Waals surface area contributed by atoms with Gasteiger partial charge < -0.3 is 20.5 Å². The minimum Gasteiger partial charge on any atom is -0.355 e. The normalized spacial score (nSPS) is 11.2. The van der Waals surface area contributed by atoms with Crippen molar-refractivity contribution in [3.63, 3.8) is 0 Å². The molecule has 0 atom stereocenters. The lowest BCUT2D eigenvalue weighted by Gasteiger charge is -2.13. The van der Waals surface area contributed by atoms with Crippen molar-refractivity contribution in [2.45, 2.75) is 12.8 Å². The zero-order valence-corrected chi connectivity index (χ0v) is 21.8. The number of carbonyl (C=O) groups is 2. The summed E-state index contributed by atoms with van der Waals surface area (Å²) in [5, 5.41) is 8.17. The average Bonchev–Trinajstić information content (AvgIpc) is 2.94. The molecule has 0 saturated carbocycles. The smallest absolute Gasteiger partial charge is 0.257 e. The molecule has 3 aromatic carbocycles. The first-order valence-electron chi connectivity index (χ1n) is 12.8. The third kappa shape index (κ3) is 5.86. The van der Waals surface area contributed by atoms with E-state index in [4.69, 9.17) is 0 Å². The Morgan fingerprint density at radius 3 is 2.36 bits per heavy atom. The van der Waals surface area contributed by atoms with Crippen molar-refractivity contribution in [3.05, 3.63) is 107 Å². The predicted molar refractivity (Wildman–Crippen MR) is 156 cm³/mol. The van der Waals surface area contributed by atoms with Crippen LogP contribution in [0.15, 0.2) is 89.9 Å². The van der Waals surface area contributed by atoms with Crippen LogP contribution >= 0.6 is 0 Å². The van der Waals surface area contributed by atoms with E-state index in [-0.39, 0.29) is 17.2 Å². The molecule has 2 heterocycles. The summed E-state index contributed by atoms with van der Waals surface area (Å²) in [5.74, 6) is -0.141. The number of fused-ring (bicyclic) bond motifs is 3. The van der Waals surface area contributed by atoms with Crippen LogP contribution in [0.25, 0.3) is 21.8 Å². The van der Waals surface area contributed by atoms with Crippen LogP contribution < -0.4 is 16.2 Å². The minimum atomic E-state index is -0.257. The summed E-state index contributed by atoms with van der Waals surface area (Å²) in [5.41, 5.74) is 3.52. The second kappa shape index (κ2) is 11.3. The third-order valence-corrected chi connectivity index (χ3v) is 6.51. The summed E-state index contributed by atoms with van der Waals surface area (Å²) in [6.45, 7) is 0.828. The van der Waals surface area contributed by atoms with Gasteiger partial charge in [-0.05, 0) is 81.7 Å². The highest BCUT2D eigenvalue weighted by molar-refractivity contribution is 6.13. The zero-order valence-electron chi connectivity index (χ0n) is 21.8. The number of amides is 1. The molecule has 0 fully saturated rings. The molecule has 5 rings (SSSR count). The fraction of sp³-hybridized carbons (Fsp3) is 0.161. The molecule has 0 aliphatic carbocycles. The number of H-pyrrole nitrogens is 1. The Hall–Kier alpha value is -4.82. The molecule has 0 bridgehead atoms. The molecule has 0 radical (unpaired) electrons. The Kier molecular flexibility index (Phi) is 7.47. The van der Waals surface area contributed by atoms with Crippen molar-refractivity contribution in [2.75, 3.05) is 31.3 Å². The molecule has 0 spiro atoms. The number of aromatic nitrogens is 2. The number of nitrogens with one attached hydrogen (secondary N) is 3. The molecule has 3 N–H and O–H groups in total. The Balaban J connectivity index is 1.44. The summed E-state index contributed by atoms with van der Waals surface area (Å²) in [4.78, 5) is 47.4. The Labute approximate surface area is 225 Å². The van der Waals surface area contributed by atoms with Crippen LogP contribution in [0, 0.1) is 0 Å². The molecular weight excluding hydrogens is 490 g/mol. The SMILES string of the molecule is CN(C)CCCC(=O)c1ccc2c(=O)[nH]c3nccc(Nc4ccc(NC(=O)c5ccccc5)cc4)c3c2c1. The van der Waals surface area contributed by atoms with Gasteiger partial charge in [0.15, 0.2) is 5.78 Å². The van der Waals surface area contributed by atoms with Gasteiger partial charge in [-0.3, -0.25) is 14.4 Å². The number of pyridine rings is 2. The average molecular weight is 520 g/mol. The molecule has 1 amide bonds. The molecule has 5 aromatic rings. The van der Waals surface area contributed by atoms with E-state index in [2.05, 4.69) is 20.6 Å². The molecule has 0 saturated heterocycles. The minimum absolute atomic E-state index is 0.0405. The lowest BCUT2D eigenvalue weighted by Crippen LogP contribution is -2.14. The van der Waals surface area contributed by atoms with Crippen LogP contribution in [0.2, 0.25) is 0 Å². The molecule has 2 aromatic heterocycles. The quantitative estimate of drug-likeness (QED) is 0.173. The number of aromatic amines is 1. The number of benzene rings is 3. The maximum Gasteiger partial charge on any atom is 0.257 e. The first kappa shape index (κ1) is 25.8. The first-order valence-corrected chi connectivity index (χ1v) is 12.8. The second-order valence-corrected chi connectivity index (χ2v) is 9.65. The first-order chi connectivity index (χ1) is 18.9. The van der Waals surface area contributed by atoms with Gasteiger partial charge in [0.1, 0.15) is 5.65 Å². The van der Waals surface area contributed by atoms with Gasteiger partial charge in [-0.2, -0.15) is 0 Å². The van der Waals surface area contributed by atoms with Crippen molar-refractivity contribution >= 4 is 50.6 Å². The monoisotopic (exact) mass is 519 g/mol. The van der Waals surface area contributed by atoms with Crippen LogP contribution in [-0.2, 0) is 0 Å². The summed E-state index contributed by atoms with van der Waals surface area (Å²) in [6.07, 6.45) is 2.81. The fourth-order valence-corrected chi connectivity index (χ4v) is 4.52. The molecule has 8 heteroatoms. The lowest BCUT2D eigenvalue weighted by atomic mass is 10.00. The van der Waals surface area contributed by atoms with Gasteiger partial charge in [0.25, 0.3) is 11.5 Å². The number of hydrogen-bond donors (Lipinski definition) is 3. The van der Waals surface area contributed by atoms with E-state index >= 15 is 0 Å². The highest BCUT2D eigenvalue weighted by Gasteiger charge is 2.14. The van der Waals surface area contributed by atoms with Gasteiger partial charge in [0.05, 0.1) is 5.69 Å². The molecular formula is C31H29N5O3. The van der Waals surface area contributed by atoms with Gasteiger partial charge in [-0.1, -0.05) is 24.3 Å². The molecule has 0 aliphatic heterocycles. The third-order valence-electron chi connectivity index (χ3n) is 6.51. The van der Waals surface area contributed by atoms with E-state index in [1.165, 1.54) is 0 Å². The van der Waals surface area contributed by atoms with Gasteiger partial charge in [-0.15, -0.1) is 0 Å². The number of rotatable bonds is 9. The molecule has 8 nitrogen and oxygen atoms in total. The van der Waals surface area contributed by atoms with Gasteiger partial charge >= 0.3 is 0 Å². The topological polar surface area (TPSA) is 107 Å². The Morgan fingerprint density at radius 1 is 0.872 bits per heavy atom. The number of carbonyl (C=O) groups excluding carboxylic acids is 2. The van der Waals surface area contributed by atoms with Crippen molar-refractivity contribution < 1.29 is 9.59 Å². The largest absolute Gasteiger partial charge is 0.355 e.